The van der Waals surface area contributed by atoms with E-state index in [1.165, 1.54) is 6.92 Å². The minimum Gasteiger partial charge on any atom is -0.492 e. The predicted molar refractivity (Wildman–Crippen MR) is 145 cm³/mol. The van der Waals surface area contributed by atoms with Crippen molar-refractivity contribution in [2.24, 2.45) is 23.1 Å². The van der Waals surface area contributed by atoms with Gasteiger partial charge >= 0.3 is 0 Å². The van der Waals surface area contributed by atoms with Gasteiger partial charge in [0, 0.05) is 36.6 Å². The number of hydrogen-bond acceptors (Lipinski definition) is 15. The Bertz CT molecular complexity index is 807. The van der Waals surface area contributed by atoms with Crippen LogP contribution in [0.5, 0.6) is 0 Å². The van der Waals surface area contributed by atoms with Gasteiger partial charge in [0.2, 0.25) is 0 Å². The molecular formula is C25H50N6O9. The van der Waals surface area contributed by atoms with E-state index in [0.717, 1.165) is 0 Å². The molecule has 2 fully saturated rings. The summed E-state index contributed by atoms with van der Waals surface area (Å²) in [6.07, 6.45) is -2.77. The number of rotatable bonds is 13. The number of likely N-dealkylation sites (N-methyl/N-ethyl adjacent to an activating group) is 1. The van der Waals surface area contributed by atoms with Gasteiger partial charge < -0.3 is 78.0 Å². The number of hydrogen-bond donors (Lipinski definition) is 12. The zero-order chi connectivity index (χ0) is 29.6. The average Bonchev–Trinajstić information content (AvgIpc) is 2.91. The standard InChI is InChI=1S/C25H50N6O9/c1-25(37)11-38-24(20(36)23(25)29-2)40-22-17(31-13(9-33)10-34)5-16(28)18(19(22)35)21-15(27)4-3-14(39-21)7-30-6-12(26)8-32/h3,12-13,15-24,29-37H,4-11,26-28H2,1-2H3. The van der Waals surface area contributed by atoms with E-state index in [9.17, 15) is 25.5 Å². The molecule has 2 aliphatic heterocycles. The fraction of sp³-hybridized carbons (Fsp3) is 0.920. The van der Waals surface area contributed by atoms with Crippen LogP contribution in [0.15, 0.2) is 11.8 Å². The normalized spacial score (nSPS) is 41.5. The minimum absolute atomic E-state index is 0.127. The first-order valence-corrected chi connectivity index (χ1v) is 13.9. The van der Waals surface area contributed by atoms with Crippen LogP contribution < -0.4 is 33.2 Å². The van der Waals surface area contributed by atoms with Crippen molar-refractivity contribution in [2.45, 2.75) is 92.3 Å². The average molecular weight is 579 g/mol. The zero-order valence-corrected chi connectivity index (χ0v) is 23.3. The number of aliphatic hydroxyl groups is 6. The monoisotopic (exact) mass is 578 g/mol. The lowest BCUT2D eigenvalue weighted by molar-refractivity contribution is -0.298. The van der Waals surface area contributed by atoms with Crippen LogP contribution in [0.25, 0.3) is 0 Å². The first-order valence-electron chi connectivity index (χ1n) is 13.9. The summed E-state index contributed by atoms with van der Waals surface area (Å²) < 4.78 is 18.1. The van der Waals surface area contributed by atoms with Crippen molar-refractivity contribution >= 4 is 0 Å². The summed E-state index contributed by atoms with van der Waals surface area (Å²) in [6, 6.07) is -3.58. The third-order valence-electron chi connectivity index (χ3n) is 8.12. The highest BCUT2D eigenvalue weighted by molar-refractivity contribution is 5.11. The van der Waals surface area contributed by atoms with Crippen LogP contribution in [0.1, 0.15) is 19.8 Å². The Morgan fingerprint density at radius 1 is 1.12 bits per heavy atom. The van der Waals surface area contributed by atoms with Crippen LogP contribution in [-0.2, 0) is 14.2 Å². The van der Waals surface area contributed by atoms with Gasteiger partial charge in [0.25, 0.3) is 0 Å². The molecule has 12 unspecified atom stereocenters. The molecule has 234 valence electrons. The Labute approximate surface area is 235 Å². The topological polar surface area (TPSA) is 263 Å². The summed E-state index contributed by atoms with van der Waals surface area (Å²) in [5, 5.41) is 70.9. The summed E-state index contributed by atoms with van der Waals surface area (Å²) in [6.45, 7) is 1.26. The second kappa shape index (κ2) is 14.9. The molecule has 0 bridgehead atoms. The maximum Gasteiger partial charge on any atom is 0.185 e. The quantitative estimate of drug-likeness (QED) is 0.0971. The van der Waals surface area contributed by atoms with E-state index in [-0.39, 0.29) is 32.8 Å². The maximum atomic E-state index is 11.7. The van der Waals surface area contributed by atoms with Crippen molar-refractivity contribution in [2.75, 3.05) is 46.6 Å². The van der Waals surface area contributed by atoms with Crippen molar-refractivity contribution in [3.05, 3.63) is 11.8 Å². The van der Waals surface area contributed by atoms with Crippen molar-refractivity contribution in [3.63, 3.8) is 0 Å². The van der Waals surface area contributed by atoms with E-state index in [1.807, 2.05) is 6.08 Å². The van der Waals surface area contributed by atoms with Gasteiger partial charge in [-0.05, 0) is 32.9 Å². The molecule has 40 heavy (non-hydrogen) atoms. The Balaban J connectivity index is 1.80. The largest absolute Gasteiger partial charge is 0.492 e. The highest BCUT2D eigenvalue weighted by atomic mass is 16.7. The van der Waals surface area contributed by atoms with E-state index in [4.69, 9.17) is 36.5 Å². The molecule has 1 aliphatic carbocycles. The van der Waals surface area contributed by atoms with Gasteiger partial charge in [0.15, 0.2) is 6.29 Å². The van der Waals surface area contributed by atoms with Crippen LogP contribution >= 0.6 is 0 Å². The predicted octanol–water partition coefficient (Wildman–Crippen LogP) is -5.64. The smallest absolute Gasteiger partial charge is 0.185 e. The molecule has 0 aromatic rings. The molecular weight excluding hydrogens is 528 g/mol. The fourth-order valence-electron chi connectivity index (χ4n) is 5.89. The zero-order valence-electron chi connectivity index (χ0n) is 23.3. The Kier molecular flexibility index (Phi) is 12.5. The first-order chi connectivity index (χ1) is 19.0. The lowest BCUT2D eigenvalue weighted by atomic mass is 9.72. The van der Waals surface area contributed by atoms with Crippen LogP contribution in [0.2, 0.25) is 0 Å². The van der Waals surface area contributed by atoms with E-state index in [2.05, 4.69) is 16.0 Å². The number of nitrogens with two attached hydrogens (primary N) is 3. The van der Waals surface area contributed by atoms with Gasteiger partial charge in [0.1, 0.15) is 29.7 Å². The molecule has 1 saturated heterocycles. The lowest BCUT2D eigenvalue weighted by Gasteiger charge is -2.51. The van der Waals surface area contributed by atoms with Gasteiger partial charge in [-0.15, -0.1) is 0 Å². The third kappa shape index (κ3) is 7.87. The third-order valence-corrected chi connectivity index (χ3v) is 8.12. The second-order valence-corrected chi connectivity index (χ2v) is 11.4. The first kappa shape index (κ1) is 33.5. The molecule has 15 N–H and O–H groups in total. The Morgan fingerprint density at radius 3 is 2.45 bits per heavy atom. The minimum atomic E-state index is -1.36. The van der Waals surface area contributed by atoms with E-state index in [0.29, 0.717) is 25.3 Å². The van der Waals surface area contributed by atoms with Gasteiger partial charge in [-0.1, -0.05) is 0 Å². The van der Waals surface area contributed by atoms with Crippen LogP contribution in [0, 0.1) is 5.92 Å². The highest BCUT2D eigenvalue weighted by Gasteiger charge is 2.53. The van der Waals surface area contributed by atoms with Crippen molar-refractivity contribution in [3.8, 4) is 0 Å². The molecule has 0 radical (unpaired) electrons. The Hall–Kier alpha value is -1.02. The summed E-state index contributed by atoms with van der Waals surface area (Å²) >= 11 is 0. The van der Waals surface area contributed by atoms with Gasteiger partial charge in [-0.2, -0.15) is 0 Å². The lowest BCUT2D eigenvalue weighted by Crippen LogP contribution is -2.69. The van der Waals surface area contributed by atoms with E-state index in [1.54, 1.807) is 7.05 Å². The molecule has 0 spiro atoms. The molecule has 0 amide bonds. The second-order valence-electron chi connectivity index (χ2n) is 11.4. The molecule has 0 aromatic heterocycles. The van der Waals surface area contributed by atoms with Crippen molar-refractivity contribution < 1.29 is 44.8 Å². The summed E-state index contributed by atoms with van der Waals surface area (Å²) in [5.74, 6) is -0.0631. The molecule has 3 aliphatic rings. The number of aliphatic hydroxyl groups excluding tert-OH is 5. The van der Waals surface area contributed by atoms with Crippen LogP contribution in [0.4, 0.5) is 0 Å². The molecule has 15 heteroatoms. The van der Waals surface area contributed by atoms with Gasteiger partial charge in [0.05, 0.1) is 51.2 Å². The SMILES string of the molecule is CNC1C(O)C(OC2C(NC(CO)CO)CC(N)C(C3OC(CNCC(N)CO)=CCC3N)C2O)OCC1(C)O. The molecule has 1 saturated carbocycles. The molecule has 0 aromatic carbocycles. The van der Waals surface area contributed by atoms with Gasteiger partial charge in [-0.3, -0.25) is 0 Å². The Morgan fingerprint density at radius 2 is 1.82 bits per heavy atom. The highest BCUT2D eigenvalue weighted by Crippen LogP contribution is 2.36. The summed E-state index contributed by atoms with van der Waals surface area (Å²) in [4.78, 5) is 0. The molecule has 12 atom stereocenters. The molecule has 15 nitrogen and oxygen atoms in total. The maximum absolute atomic E-state index is 11.7. The summed E-state index contributed by atoms with van der Waals surface area (Å²) in [7, 11) is 1.60. The number of ether oxygens (including phenoxy) is 3. The van der Waals surface area contributed by atoms with Crippen LogP contribution in [0.3, 0.4) is 0 Å². The van der Waals surface area contributed by atoms with E-state index < -0.39 is 78.5 Å². The van der Waals surface area contributed by atoms with Crippen molar-refractivity contribution in [1.82, 2.24) is 16.0 Å². The molecule has 3 rings (SSSR count). The van der Waals surface area contributed by atoms with Crippen molar-refractivity contribution in [1.29, 1.82) is 0 Å². The van der Waals surface area contributed by atoms with E-state index >= 15 is 0 Å². The molecule has 2 heterocycles. The summed E-state index contributed by atoms with van der Waals surface area (Å²) in [5.41, 5.74) is 17.4. The van der Waals surface area contributed by atoms with Gasteiger partial charge in [-0.25, -0.2) is 0 Å². The van der Waals surface area contributed by atoms with Crippen LogP contribution in [-0.4, -0.2) is 150 Å². The fourth-order valence-corrected chi connectivity index (χ4v) is 5.89. The number of nitrogens with one attached hydrogen (secondary N) is 3.